The van der Waals surface area contributed by atoms with Crippen LogP contribution in [-0.4, -0.2) is 36.9 Å². The van der Waals surface area contributed by atoms with Crippen molar-refractivity contribution in [3.8, 4) is 0 Å². The topological polar surface area (TPSA) is 56.4 Å². The number of rotatable bonds is 8. The van der Waals surface area contributed by atoms with E-state index in [4.69, 9.17) is 0 Å². The van der Waals surface area contributed by atoms with Crippen molar-refractivity contribution in [1.82, 2.24) is 20.9 Å². The minimum Gasteiger partial charge on any atom is -0.369 e. The molecule has 0 bridgehead atoms. The number of thioether (sulfide) groups is 1. The fourth-order valence-corrected chi connectivity index (χ4v) is 3.60. The zero-order valence-corrected chi connectivity index (χ0v) is 18.1. The van der Waals surface area contributed by atoms with Gasteiger partial charge in [-0.2, -0.15) is 0 Å². The molecule has 2 heterocycles. The Labute approximate surface area is 178 Å². The highest BCUT2D eigenvalue weighted by molar-refractivity contribution is 8.07. The number of allylic oxidation sites excluding steroid dienone is 9. The van der Waals surface area contributed by atoms with Gasteiger partial charge in [-0.1, -0.05) is 37.6 Å². The van der Waals surface area contributed by atoms with Crippen LogP contribution in [0.15, 0.2) is 95.0 Å². The molecule has 2 aliphatic heterocycles. The molecule has 1 saturated heterocycles. The van der Waals surface area contributed by atoms with Crippen LogP contribution in [0.5, 0.6) is 0 Å². The minimum absolute atomic E-state index is 0.0401. The number of nitrogens with one attached hydrogen (secondary N) is 3. The summed E-state index contributed by atoms with van der Waals surface area (Å²) in [4.78, 5) is 15.4. The Morgan fingerprint density at radius 2 is 1.97 bits per heavy atom. The van der Waals surface area contributed by atoms with Crippen molar-refractivity contribution in [2.45, 2.75) is 13.8 Å². The Morgan fingerprint density at radius 3 is 2.66 bits per heavy atom. The van der Waals surface area contributed by atoms with Gasteiger partial charge in [-0.25, -0.2) is 0 Å². The van der Waals surface area contributed by atoms with Crippen molar-refractivity contribution in [3.05, 3.63) is 95.0 Å². The van der Waals surface area contributed by atoms with E-state index in [1.54, 1.807) is 12.2 Å². The van der Waals surface area contributed by atoms with Gasteiger partial charge in [0, 0.05) is 49.5 Å². The Morgan fingerprint density at radius 1 is 1.24 bits per heavy atom. The lowest BCUT2D eigenvalue weighted by atomic mass is 10.2. The lowest BCUT2D eigenvalue weighted by Gasteiger charge is -2.29. The van der Waals surface area contributed by atoms with Crippen molar-refractivity contribution in [2.24, 2.45) is 0 Å². The van der Waals surface area contributed by atoms with Gasteiger partial charge in [0.25, 0.3) is 0 Å². The van der Waals surface area contributed by atoms with E-state index in [0.29, 0.717) is 9.93 Å². The minimum atomic E-state index is -0.0401. The average molecular weight is 411 g/mol. The molecule has 29 heavy (non-hydrogen) atoms. The molecule has 2 aliphatic rings. The number of hydrogen-bond donors (Lipinski definition) is 3. The molecule has 0 aliphatic carbocycles. The molecule has 0 saturated carbocycles. The van der Waals surface area contributed by atoms with Crippen LogP contribution in [0, 0.1) is 0 Å². The van der Waals surface area contributed by atoms with Crippen LogP contribution >= 0.6 is 11.8 Å². The first-order valence-electron chi connectivity index (χ1n) is 9.56. The second-order valence-corrected chi connectivity index (χ2v) is 7.86. The highest BCUT2D eigenvalue weighted by Crippen LogP contribution is 2.28. The Kier molecular flexibility index (Phi) is 8.83. The molecule has 1 fully saturated rings. The fraction of sp³-hybridized carbons (Fsp3) is 0.261. The summed E-state index contributed by atoms with van der Waals surface area (Å²) >= 11 is 1.31. The third kappa shape index (κ3) is 7.33. The van der Waals surface area contributed by atoms with Crippen LogP contribution in [0.1, 0.15) is 13.8 Å². The second kappa shape index (κ2) is 11.3. The largest absolute Gasteiger partial charge is 0.369 e. The van der Waals surface area contributed by atoms with E-state index in [1.807, 2.05) is 44.4 Å². The third-order valence-electron chi connectivity index (χ3n) is 4.35. The Bertz CT molecular complexity index is 824. The zero-order chi connectivity index (χ0) is 21.2. The van der Waals surface area contributed by atoms with Gasteiger partial charge in [0.1, 0.15) is 0 Å². The third-order valence-corrected chi connectivity index (χ3v) is 5.41. The van der Waals surface area contributed by atoms with Crippen LogP contribution in [0.25, 0.3) is 0 Å². The first kappa shape index (κ1) is 22.6. The Hall–Kier alpha value is -2.70. The van der Waals surface area contributed by atoms with Gasteiger partial charge >= 0.3 is 0 Å². The second-order valence-electron chi connectivity index (χ2n) is 6.75. The predicted octanol–water partition coefficient (Wildman–Crippen LogP) is 3.69. The van der Waals surface area contributed by atoms with Crippen LogP contribution in [0.3, 0.4) is 0 Å². The van der Waals surface area contributed by atoms with E-state index >= 15 is 0 Å². The van der Waals surface area contributed by atoms with E-state index < -0.39 is 0 Å². The maximum absolute atomic E-state index is 12.6. The molecular formula is C23H30N4OS. The van der Waals surface area contributed by atoms with Gasteiger partial charge < -0.3 is 20.9 Å². The summed E-state index contributed by atoms with van der Waals surface area (Å²) in [7, 11) is 0. The number of hydrogen-bond acceptors (Lipinski definition) is 6. The van der Waals surface area contributed by atoms with Gasteiger partial charge in [-0.3, -0.25) is 4.79 Å². The fourth-order valence-electron chi connectivity index (χ4n) is 2.81. The molecule has 0 spiro atoms. The highest BCUT2D eigenvalue weighted by atomic mass is 32.2. The van der Waals surface area contributed by atoms with Crippen molar-refractivity contribution in [2.75, 3.05) is 26.2 Å². The van der Waals surface area contributed by atoms with Gasteiger partial charge in [-0.15, -0.1) is 0 Å². The highest BCUT2D eigenvalue weighted by Gasteiger charge is 2.15. The first-order valence-corrected chi connectivity index (χ1v) is 10.4. The van der Waals surface area contributed by atoms with Gasteiger partial charge in [0.15, 0.2) is 5.78 Å². The summed E-state index contributed by atoms with van der Waals surface area (Å²) in [6.07, 6.45) is 12.8. The van der Waals surface area contributed by atoms with E-state index in [2.05, 4.69) is 40.6 Å². The normalized spacial score (nSPS) is 23.5. The Balaban J connectivity index is 2.04. The lowest BCUT2D eigenvalue weighted by Crippen LogP contribution is -2.42. The van der Waals surface area contributed by atoms with E-state index in [9.17, 15) is 4.79 Å². The number of ketones is 1. The summed E-state index contributed by atoms with van der Waals surface area (Å²) in [6.45, 7) is 19.6. The predicted molar refractivity (Wildman–Crippen MR) is 125 cm³/mol. The number of piperazine rings is 1. The molecule has 6 heteroatoms. The first-order chi connectivity index (χ1) is 13.9. The van der Waals surface area contributed by atoms with Crippen molar-refractivity contribution in [1.29, 1.82) is 0 Å². The standard InChI is InChI=1S/C23H30N4OS/c1-6-7-21(9-8-18(3)27-14-12-24-13-15-27)26-20(5)29-23-19(4)25-11-10-17(2)16-22(23)28/h6-11,16,24-26H,1,3,5,12-15H2,2,4H3/b9-8-,11-10-,17-16+,21-7+,23-19+. The number of nitrogens with zero attached hydrogens (tertiary/aromatic N) is 1. The van der Waals surface area contributed by atoms with E-state index in [1.165, 1.54) is 11.8 Å². The van der Waals surface area contributed by atoms with Gasteiger partial charge in [-0.05, 0) is 49.8 Å². The molecule has 0 radical (unpaired) electrons. The monoisotopic (exact) mass is 410 g/mol. The number of carbonyl (C=O) groups excluding carboxylic acids is 1. The van der Waals surface area contributed by atoms with Crippen molar-refractivity contribution >= 4 is 17.5 Å². The van der Waals surface area contributed by atoms with Crippen LogP contribution in [-0.2, 0) is 4.79 Å². The smallest absolute Gasteiger partial charge is 0.194 e. The van der Waals surface area contributed by atoms with Crippen molar-refractivity contribution < 1.29 is 4.79 Å². The molecule has 2 rings (SSSR count). The van der Waals surface area contributed by atoms with Crippen molar-refractivity contribution in [3.63, 3.8) is 0 Å². The molecule has 0 amide bonds. The molecule has 0 atom stereocenters. The molecule has 0 unspecified atom stereocenters. The summed E-state index contributed by atoms with van der Waals surface area (Å²) in [5, 5.41) is 10.4. The molecular weight excluding hydrogens is 380 g/mol. The lowest BCUT2D eigenvalue weighted by molar-refractivity contribution is -0.110. The SMILES string of the molecule is C=C/C=C(\C=C/C(=C)N1CCNCC1)NC(=C)S/C1=C(\C)N/C=C\C(C)=C\C1=O. The summed E-state index contributed by atoms with van der Waals surface area (Å²) in [5.74, 6) is -0.0401. The average Bonchev–Trinajstić information content (AvgIpc) is 2.69. The van der Waals surface area contributed by atoms with E-state index in [-0.39, 0.29) is 5.78 Å². The zero-order valence-electron chi connectivity index (χ0n) is 17.3. The van der Waals surface area contributed by atoms with Crippen LogP contribution < -0.4 is 16.0 Å². The molecule has 0 aromatic heterocycles. The quantitative estimate of drug-likeness (QED) is 0.531. The molecule has 0 aromatic rings. The summed E-state index contributed by atoms with van der Waals surface area (Å²) in [5.41, 5.74) is 3.48. The molecule has 154 valence electrons. The maximum atomic E-state index is 12.6. The maximum Gasteiger partial charge on any atom is 0.194 e. The van der Waals surface area contributed by atoms with E-state index in [0.717, 1.165) is 48.8 Å². The summed E-state index contributed by atoms with van der Waals surface area (Å²) < 4.78 is 0. The molecule has 3 N–H and O–H groups in total. The molecule has 5 nitrogen and oxygen atoms in total. The van der Waals surface area contributed by atoms with Crippen LogP contribution in [0.4, 0.5) is 0 Å². The van der Waals surface area contributed by atoms with Gasteiger partial charge in [0.05, 0.1) is 9.93 Å². The summed E-state index contributed by atoms with van der Waals surface area (Å²) in [6, 6.07) is 0. The molecule has 0 aromatic carbocycles. The number of carbonyl (C=O) groups is 1. The van der Waals surface area contributed by atoms with Gasteiger partial charge in [0.2, 0.25) is 0 Å². The van der Waals surface area contributed by atoms with Crippen LogP contribution in [0.2, 0.25) is 0 Å².